The summed E-state index contributed by atoms with van der Waals surface area (Å²) in [7, 11) is 0. The lowest BCUT2D eigenvalue weighted by atomic mass is 10.2. The molecule has 0 saturated heterocycles. The second-order valence-corrected chi connectivity index (χ2v) is 6.16. The van der Waals surface area contributed by atoms with E-state index in [9.17, 15) is 9.59 Å². The van der Waals surface area contributed by atoms with Gasteiger partial charge in [0.15, 0.2) is 6.61 Å². The third-order valence-corrected chi connectivity index (χ3v) is 4.06. The molecule has 0 aromatic heterocycles. The number of hydrogen-bond acceptors (Lipinski definition) is 3. The normalized spacial score (nSPS) is 13.2. The molecule has 3 rings (SSSR count). The van der Waals surface area contributed by atoms with Gasteiger partial charge in [0.25, 0.3) is 5.91 Å². The first-order chi connectivity index (χ1) is 11.5. The van der Waals surface area contributed by atoms with Crippen LogP contribution in [0.1, 0.15) is 5.56 Å². The molecule has 2 amide bonds. The van der Waals surface area contributed by atoms with Crippen molar-refractivity contribution in [2.45, 2.75) is 6.54 Å². The lowest BCUT2D eigenvalue weighted by Gasteiger charge is -2.28. The first kappa shape index (κ1) is 16.6. The molecule has 0 bridgehead atoms. The summed E-state index contributed by atoms with van der Waals surface area (Å²) in [6, 6.07) is 12.1. The number of hydrogen-bond donors (Lipinski definition) is 1. The summed E-state index contributed by atoms with van der Waals surface area (Å²) in [5, 5.41) is 3.93. The van der Waals surface area contributed by atoms with Crippen molar-refractivity contribution in [2.24, 2.45) is 0 Å². The molecule has 1 aliphatic heterocycles. The second-order valence-electron chi connectivity index (χ2n) is 5.28. The Hall–Kier alpha value is -2.24. The molecular formula is C17H14Cl2N2O3. The molecule has 7 heteroatoms. The van der Waals surface area contributed by atoms with Gasteiger partial charge in [-0.2, -0.15) is 0 Å². The molecule has 24 heavy (non-hydrogen) atoms. The monoisotopic (exact) mass is 364 g/mol. The Morgan fingerprint density at radius 3 is 2.58 bits per heavy atom. The zero-order valence-corrected chi connectivity index (χ0v) is 14.1. The number of carbonyl (C=O) groups is 2. The van der Waals surface area contributed by atoms with E-state index in [-0.39, 0.29) is 25.0 Å². The minimum atomic E-state index is -0.272. The van der Waals surface area contributed by atoms with Crippen molar-refractivity contribution in [3.8, 4) is 5.75 Å². The number of fused-ring (bicyclic) bond motifs is 1. The van der Waals surface area contributed by atoms with Crippen LogP contribution in [0.4, 0.5) is 5.69 Å². The average Bonchev–Trinajstić information content (AvgIpc) is 2.57. The molecular weight excluding hydrogens is 351 g/mol. The molecule has 1 aliphatic rings. The van der Waals surface area contributed by atoms with E-state index in [0.29, 0.717) is 28.0 Å². The Kier molecular flexibility index (Phi) is 4.92. The standard InChI is InChI=1S/C17H14Cl2N2O3/c18-12-3-1-11(2-4-12)8-20-16(22)9-21-14-6-5-13(19)7-15(14)24-10-17(21)23/h1-7H,8-10H2,(H,20,22). The van der Waals surface area contributed by atoms with Crippen LogP contribution in [0.3, 0.4) is 0 Å². The fourth-order valence-corrected chi connectivity index (χ4v) is 2.64. The zero-order valence-electron chi connectivity index (χ0n) is 12.6. The molecule has 1 heterocycles. The molecule has 0 fully saturated rings. The quantitative estimate of drug-likeness (QED) is 0.906. The fraction of sp³-hybridized carbons (Fsp3) is 0.176. The molecule has 2 aromatic rings. The summed E-state index contributed by atoms with van der Waals surface area (Å²) < 4.78 is 5.35. The lowest BCUT2D eigenvalue weighted by Crippen LogP contribution is -2.45. The minimum absolute atomic E-state index is 0.0790. The van der Waals surface area contributed by atoms with Crippen molar-refractivity contribution < 1.29 is 14.3 Å². The van der Waals surface area contributed by atoms with Gasteiger partial charge in [0.05, 0.1) is 5.69 Å². The van der Waals surface area contributed by atoms with Crippen molar-refractivity contribution in [3.63, 3.8) is 0 Å². The molecule has 1 N–H and O–H groups in total. The Balaban J connectivity index is 1.65. The number of ether oxygens (including phenoxy) is 1. The number of benzene rings is 2. The SMILES string of the molecule is O=C(CN1C(=O)COc2cc(Cl)ccc21)NCc1ccc(Cl)cc1. The van der Waals surface area contributed by atoms with Gasteiger partial charge in [0.1, 0.15) is 12.3 Å². The van der Waals surface area contributed by atoms with Crippen molar-refractivity contribution >= 4 is 40.7 Å². The first-order valence-corrected chi connectivity index (χ1v) is 8.02. The number of nitrogens with one attached hydrogen (secondary N) is 1. The van der Waals surface area contributed by atoms with Gasteiger partial charge in [-0.05, 0) is 29.8 Å². The minimum Gasteiger partial charge on any atom is -0.482 e. The average molecular weight is 365 g/mol. The molecule has 0 unspecified atom stereocenters. The fourth-order valence-electron chi connectivity index (χ4n) is 2.35. The zero-order chi connectivity index (χ0) is 17.1. The molecule has 5 nitrogen and oxygen atoms in total. The Morgan fingerprint density at radius 2 is 1.83 bits per heavy atom. The maximum atomic E-state index is 12.2. The predicted molar refractivity (Wildman–Crippen MR) is 92.6 cm³/mol. The van der Waals surface area contributed by atoms with Gasteiger partial charge < -0.3 is 10.1 Å². The summed E-state index contributed by atoms with van der Waals surface area (Å²) in [6.45, 7) is 0.171. The number of rotatable bonds is 4. The van der Waals surface area contributed by atoms with Crippen molar-refractivity contribution in [3.05, 3.63) is 58.1 Å². The highest BCUT2D eigenvalue weighted by atomic mass is 35.5. The number of amides is 2. The van der Waals surface area contributed by atoms with Gasteiger partial charge in [0.2, 0.25) is 5.91 Å². The number of anilines is 1. The van der Waals surface area contributed by atoms with Crippen LogP contribution in [0.2, 0.25) is 10.0 Å². The van der Waals surface area contributed by atoms with Crippen LogP contribution >= 0.6 is 23.2 Å². The third kappa shape index (κ3) is 3.80. The largest absolute Gasteiger partial charge is 0.482 e. The van der Waals surface area contributed by atoms with E-state index < -0.39 is 0 Å². The maximum absolute atomic E-state index is 12.2. The molecule has 0 spiro atoms. The Morgan fingerprint density at radius 1 is 1.12 bits per heavy atom. The van der Waals surface area contributed by atoms with E-state index in [0.717, 1.165) is 5.56 Å². The highest BCUT2D eigenvalue weighted by Gasteiger charge is 2.27. The highest BCUT2D eigenvalue weighted by Crippen LogP contribution is 2.34. The lowest BCUT2D eigenvalue weighted by molar-refractivity contribution is -0.125. The van der Waals surface area contributed by atoms with Gasteiger partial charge in [-0.15, -0.1) is 0 Å². The number of carbonyl (C=O) groups excluding carboxylic acids is 2. The molecule has 124 valence electrons. The van der Waals surface area contributed by atoms with Crippen LogP contribution in [-0.2, 0) is 16.1 Å². The van der Waals surface area contributed by atoms with Gasteiger partial charge >= 0.3 is 0 Å². The summed E-state index contributed by atoms with van der Waals surface area (Å²) in [5.74, 6) is -0.0415. The molecule has 0 radical (unpaired) electrons. The summed E-state index contributed by atoms with van der Waals surface area (Å²) in [6.07, 6.45) is 0. The highest BCUT2D eigenvalue weighted by molar-refractivity contribution is 6.31. The van der Waals surface area contributed by atoms with Gasteiger partial charge in [-0.1, -0.05) is 35.3 Å². The van der Waals surface area contributed by atoms with Crippen LogP contribution in [0.5, 0.6) is 5.75 Å². The van der Waals surface area contributed by atoms with Gasteiger partial charge in [0, 0.05) is 22.7 Å². The smallest absolute Gasteiger partial charge is 0.265 e. The summed E-state index contributed by atoms with van der Waals surface area (Å²) in [4.78, 5) is 25.6. The van der Waals surface area contributed by atoms with E-state index in [2.05, 4.69) is 5.32 Å². The van der Waals surface area contributed by atoms with E-state index in [4.69, 9.17) is 27.9 Å². The van der Waals surface area contributed by atoms with Crippen LogP contribution < -0.4 is 15.0 Å². The van der Waals surface area contributed by atoms with E-state index in [1.807, 2.05) is 12.1 Å². The second kappa shape index (κ2) is 7.11. The van der Waals surface area contributed by atoms with Crippen molar-refractivity contribution in [1.29, 1.82) is 0 Å². The van der Waals surface area contributed by atoms with Crippen LogP contribution in [0, 0.1) is 0 Å². The molecule has 0 aliphatic carbocycles. The Bertz CT molecular complexity index is 778. The molecule has 0 saturated carbocycles. The van der Waals surface area contributed by atoms with Crippen LogP contribution in [0.25, 0.3) is 0 Å². The van der Waals surface area contributed by atoms with Crippen LogP contribution in [-0.4, -0.2) is 25.0 Å². The van der Waals surface area contributed by atoms with E-state index in [1.165, 1.54) is 4.90 Å². The summed E-state index contributed by atoms with van der Waals surface area (Å²) >= 11 is 11.7. The van der Waals surface area contributed by atoms with Gasteiger partial charge in [-0.25, -0.2) is 0 Å². The van der Waals surface area contributed by atoms with E-state index >= 15 is 0 Å². The summed E-state index contributed by atoms with van der Waals surface area (Å²) in [5.41, 5.74) is 1.46. The third-order valence-electron chi connectivity index (χ3n) is 3.57. The van der Waals surface area contributed by atoms with Crippen LogP contribution in [0.15, 0.2) is 42.5 Å². The Labute approximate surface area is 149 Å². The van der Waals surface area contributed by atoms with Gasteiger partial charge in [-0.3, -0.25) is 14.5 Å². The molecule has 0 atom stereocenters. The number of nitrogens with zero attached hydrogens (tertiary/aromatic N) is 1. The van der Waals surface area contributed by atoms with Crippen molar-refractivity contribution in [1.82, 2.24) is 5.32 Å². The topological polar surface area (TPSA) is 58.6 Å². The molecule has 2 aromatic carbocycles. The van der Waals surface area contributed by atoms with Crippen molar-refractivity contribution in [2.75, 3.05) is 18.1 Å². The van der Waals surface area contributed by atoms with E-state index in [1.54, 1.807) is 30.3 Å². The first-order valence-electron chi connectivity index (χ1n) is 7.27. The predicted octanol–water partition coefficient (Wildman–Crippen LogP) is 3.04. The maximum Gasteiger partial charge on any atom is 0.265 e. The number of halogens is 2.